The fourth-order valence-electron chi connectivity index (χ4n) is 3.24. The average molecular weight is 413 g/mol. The van der Waals surface area contributed by atoms with Crippen molar-refractivity contribution in [2.75, 3.05) is 5.32 Å². The van der Waals surface area contributed by atoms with Gasteiger partial charge in [-0.2, -0.15) is 5.10 Å². The van der Waals surface area contributed by atoms with E-state index in [9.17, 15) is 14.4 Å². The van der Waals surface area contributed by atoms with Crippen molar-refractivity contribution >= 4 is 28.3 Å². The van der Waals surface area contributed by atoms with Gasteiger partial charge in [-0.15, -0.1) is 0 Å². The molecule has 1 heterocycles. The SMILES string of the molecule is CC(OC(=O)c1n[nH]c(=O)c2ccccc12)C(=O)Nc1ccccc1-c1ccccc1. The summed E-state index contributed by atoms with van der Waals surface area (Å²) in [4.78, 5) is 37.3. The number of amides is 1. The minimum atomic E-state index is -1.08. The van der Waals surface area contributed by atoms with E-state index in [1.165, 1.54) is 6.92 Å². The Morgan fingerprint density at radius 2 is 1.55 bits per heavy atom. The van der Waals surface area contributed by atoms with Crippen LogP contribution in [0.3, 0.4) is 0 Å². The van der Waals surface area contributed by atoms with Crippen LogP contribution in [0, 0.1) is 0 Å². The van der Waals surface area contributed by atoms with Crippen LogP contribution in [0.1, 0.15) is 17.4 Å². The lowest BCUT2D eigenvalue weighted by Gasteiger charge is -2.16. The van der Waals surface area contributed by atoms with Crippen molar-refractivity contribution in [3.8, 4) is 11.1 Å². The van der Waals surface area contributed by atoms with Gasteiger partial charge in [-0.3, -0.25) is 9.59 Å². The largest absolute Gasteiger partial charge is 0.448 e. The summed E-state index contributed by atoms with van der Waals surface area (Å²) < 4.78 is 5.33. The number of aromatic amines is 1. The highest BCUT2D eigenvalue weighted by Gasteiger charge is 2.23. The van der Waals surface area contributed by atoms with Gasteiger partial charge in [0, 0.05) is 16.6 Å². The van der Waals surface area contributed by atoms with Crippen LogP contribution in [-0.2, 0) is 9.53 Å². The molecule has 0 aliphatic heterocycles. The summed E-state index contributed by atoms with van der Waals surface area (Å²) >= 11 is 0. The number of hydrogen-bond acceptors (Lipinski definition) is 5. The van der Waals surface area contributed by atoms with Crippen LogP contribution >= 0.6 is 0 Å². The second-order valence-corrected chi connectivity index (χ2v) is 6.90. The van der Waals surface area contributed by atoms with Crippen LogP contribution in [0.15, 0.2) is 83.7 Å². The standard InChI is InChI=1S/C24H19N3O4/c1-15(31-24(30)21-18-12-5-6-13-19(18)23(29)27-26-21)22(28)25-20-14-8-7-11-17(20)16-9-3-2-4-10-16/h2-15H,1H3,(H,25,28)(H,27,29). The molecule has 4 rings (SSSR count). The zero-order valence-electron chi connectivity index (χ0n) is 16.7. The molecule has 1 aromatic heterocycles. The fraction of sp³-hybridized carbons (Fsp3) is 0.0833. The van der Waals surface area contributed by atoms with Gasteiger partial charge in [0.25, 0.3) is 11.5 Å². The molecule has 0 spiro atoms. The maximum Gasteiger partial charge on any atom is 0.360 e. The first-order valence-electron chi connectivity index (χ1n) is 9.68. The highest BCUT2D eigenvalue weighted by atomic mass is 16.5. The van der Waals surface area contributed by atoms with Gasteiger partial charge in [0.2, 0.25) is 0 Å². The van der Waals surface area contributed by atoms with Gasteiger partial charge in [-0.25, -0.2) is 9.89 Å². The lowest BCUT2D eigenvalue weighted by atomic mass is 10.0. The first-order valence-corrected chi connectivity index (χ1v) is 9.68. The Bertz CT molecular complexity index is 1320. The maximum absolute atomic E-state index is 12.7. The van der Waals surface area contributed by atoms with E-state index < -0.39 is 23.5 Å². The summed E-state index contributed by atoms with van der Waals surface area (Å²) in [7, 11) is 0. The van der Waals surface area contributed by atoms with Crippen molar-refractivity contribution < 1.29 is 14.3 Å². The van der Waals surface area contributed by atoms with Crippen molar-refractivity contribution in [1.82, 2.24) is 10.2 Å². The number of anilines is 1. The number of fused-ring (bicyclic) bond motifs is 1. The molecule has 0 fully saturated rings. The predicted molar refractivity (Wildman–Crippen MR) is 118 cm³/mol. The zero-order chi connectivity index (χ0) is 21.8. The molecule has 0 saturated heterocycles. The molecule has 1 atom stereocenters. The summed E-state index contributed by atoms with van der Waals surface area (Å²) in [6.07, 6.45) is -1.08. The Morgan fingerprint density at radius 1 is 0.903 bits per heavy atom. The smallest absolute Gasteiger partial charge is 0.360 e. The quantitative estimate of drug-likeness (QED) is 0.485. The number of ether oxygens (including phenoxy) is 1. The highest BCUT2D eigenvalue weighted by molar-refractivity contribution is 6.04. The Labute approximate surface area is 177 Å². The summed E-state index contributed by atoms with van der Waals surface area (Å²) in [5.41, 5.74) is 1.94. The van der Waals surface area contributed by atoms with E-state index in [1.807, 2.05) is 48.5 Å². The predicted octanol–water partition coefficient (Wildman–Crippen LogP) is 3.77. The number of para-hydroxylation sites is 1. The Morgan fingerprint density at radius 3 is 2.32 bits per heavy atom. The third-order valence-corrected chi connectivity index (χ3v) is 4.81. The number of esters is 1. The molecular formula is C24H19N3O4. The van der Waals surface area contributed by atoms with E-state index >= 15 is 0 Å². The molecule has 7 heteroatoms. The molecule has 0 saturated carbocycles. The van der Waals surface area contributed by atoms with Gasteiger partial charge in [-0.05, 0) is 24.6 Å². The Balaban J connectivity index is 1.53. The Hall–Kier alpha value is -4.26. The molecule has 1 amide bonds. The third-order valence-electron chi connectivity index (χ3n) is 4.81. The van der Waals surface area contributed by atoms with Gasteiger partial charge in [-0.1, -0.05) is 66.7 Å². The summed E-state index contributed by atoms with van der Waals surface area (Å²) in [5.74, 6) is -1.28. The van der Waals surface area contributed by atoms with E-state index in [4.69, 9.17) is 4.74 Å². The molecular weight excluding hydrogens is 394 g/mol. The van der Waals surface area contributed by atoms with Crippen molar-refractivity contribution in [3.05, 3.63) is 94.9 Å². The summed E-state index contributed by atoms with van der Waals surface area (Å²) in [6.45, 7) is 1.48. The number of nitrogens with zero attached hydrogens (tertiary/aromatic N) is 1. The van der Waals surface area contributed by atoms with E-state index in [1.54, 1.807) is 30.3 Å². The molecule has 2 N–H and O–H groups in total. The van der Waals surface area contributed by atoms with Crippen molar-refractivity contribution in [2.45, 2.75) is 13.0 Å². The van der Waals surface area contributed by atoms with Gasteiger partial charge in [0.05, 0.1) is 5.39 Å². The van der Waals surface area contributed by atoms with E-state index in [0.717, 1.165) is 11.1 Å². The van der Waals surface area contributed by atoms with Crippen molar-refractivity contribution in [1.29, 1.82) is 0 Å². The number of aromatic nitrogens is 2. The van der Waals surface area contributed by atoms with Crippen LogP contribution in [-0.4, -0.2) is 28.2 Å². The number of nitrogens with one attached hydrogen (secondary N) is 2. The minimum absolute atomic E-state index is 0.0560. The van der Waals surface area contributed by atoms with Crippen molar-refractivity contribution in [2.24, 2.45) is 0 Å². The minimum Gasteiger partial charge on any atom is -0.448 e. The summed E-state index contributed by atoms with van der Waals surface area (Å²) in [5, 5.41) is 9.59. The van der Waals surface area contributed by atoms with E-state index in [-0.39, 0.29) is 5.69 Å². The van der Waals surface area contributed by atoms with Crippen LogP contribution < -0.4 is 10.9 Å². The van der Waals surface area contributed by atoms with Crippen molar-refractivity contribution in [3.63, 3.8) is 0 Å². The molecule has 31 heavy (non-hydrogen) atoms. The molecule has 0 radical (unpaired) electrons. The number of carbonyl (C=O) groups is 2. The fourth-order valence-corrected chi connectivity index (χ4v) is 3.24. The first kappa shape index (κ1) is 20.0. The molecule has 4 aromatic rings. The molecule has 1 unspecified atom stereocenters. The van der Waals surface area contributed by atoms with E-state index in [0.29, 0.717) is 16.5 Å². The lowest BCUT2D eigenvalue weighted by Crippen LogP contribution is -2.30. The van der Waals surface area contributed by atoms with Crippen LogP contribution in [0.2, 0.25) is 0 Å². The van der Waals surface area contributed by atoms with Gasteiger partial charge >= 0.3 is 5.97 Å². The average Bonchev–Trinajstić information content (AvgIpc) is 2.80. The normalized spacial score (nSPS) is 11.6. The molecule has 0 aliphatic carbocycles. The molecule has 7 nitrogen and oxygen atoms in total. The third kappa shape index (κ3) is 4.20. The molecule has 0 aliphatic rings. The summed E-state index contributed by atoms with van der Waals surface area (Å²) in [6, 6.07) is 23.6. The first-order chi connectivity index (χ1) is 15.0. The second kappa shape index (κ2) is 8.62. The van der Waals surface area contributed by atoms with Crippen LogP contribution in [0.4, 0.5) is 5.69 Å². The highest BCUT2D eigenvalue weighted by Crippen LogP contribution is 2.27. The molecule has 0 bridgehead atoms. The topological polar surface area (TPSA) is 101 Å². The lowest BCUT2D eigenvalue weighted by molar-refractivity contribution is -0.123. The number of rotatable bonds is 5. The zero-order valence-corrected chi connectivity index (χ0v) is 16.7. The van der Waals surface area contributed by atoms with Crippen LogP contribution in [0.5, 0.6) is 0 Å². The number of H-pyrrole nitrogens is 1. The second-order valence-electron chi connectivity index (χ2n) is 6.90. The van der Waals surface area contributed by atoms with Gasteiger partial charge in [0.15, 0.2) is 11.8 Å². The van der Waals surface area contributed by atoms with Gasteiger partial charge in [0.1, 0.15) is 0 Å². The maximum atomic E-state index is 12.7. The monoisotopic (exact) mass is 413 g/mol. The number of carbonyl (C=O) groups excluding carboxylic acids is 2. The molecule has 154 valence electrons. The Kier molecular flexibility index (Phi) is 5.57. The van der Waals surface area contributed by atoms with Crippen LogP contribution in [0.25, 0.3) is 21.9 Å². The van der Waals surface area contributed by atoms with Gasteiger partial charge < -0.3 is 10.1 Å². The number of benzene rings is 3. The van der Waals surface area contributed by atoms with E-state index in [2.05, 4.69) is 15.5 Å². The molecule has 3 aromatic carbocycles. The number of hydrogen-bond donors (Lipinski definition) is 2.